The molecule has 0 fully saturated rings. The topological polar surface area (TPSA) is 86.8 Å². The third kappa shape index (κ3) is 8.71. The third-order valence-corrected chi connectivity index (χ3v) is 8.23. The molecule has 0 heterocycles. The molecular formula is C30H35Cl2N3O4S. The molecule has 10 heteroatoms. The normalized spacial score (nSPS) is 12.8. The van der Waals surface area contributed by atoms with Crippen LogP contribution in [-0.2, 0) is 32.6 Å². The van der Waals surface area contributed by atoms with Crippen molar-refractivity contribution in [3.63, 3.8) is 0 Å². The monoisotopic (exact) mass is 603 g/mol. The Bertz CT molecular complexity index is 1430. The fourth-order valence-corrected chi connectivity index (χ4v) is 5.70. The molecule has 1 N–H and O–H groups in total. The van der Waals surface area contributed by atoms with E-state index in [9.17, 15) is 18.0 Å². The van der Waals surface area contributed by atoms with Crippen LogP contribution in [0.1, 0.15) is 37.0 Å². The number of hydrogen-bond acceptors (Lipinski definition) is 4. The molecule has 2 atom stereocenters. The van der Waals surface area contributed by atoms with Crippen LogP contribution in [-0.4, -0.2) is 50.0 Å². The zero-order chi connectivity index (χ0) is 29.4. The van der Waals surface area contributed by atoms with Gasteiger partial charge >= 0.3 is 0 Å². The molecule has 3 aromatic rings. The maximum Gasteiger partial charge on any atom is 0.244 e. The van der Waals surface area contributed by atoms with E-state index in [1.54, 1.807) is 0 Å². The highest BCUT2D eigenvalue weighted by atomic mass is 35.5. The van der Waals surface area contributed by atoms with Gasteiger partial charge in [-0.25, -0.2) is 8.42 Å². The Hall–Kier alpha value is -3.07. The highest BCUT2D eigenvalue weighted by Gasteiger charge is 2.33. The van der Waals surface area contributed by atoms with Gasteiger partial charge in [0, 0.05) is 24.0 Å². The number of carbonyl (C=O) groups is 2. The molecule has 3 rings (SSSR count). The van der Waals surface area contributed by atoms with Crippen molar-refractivity contribution in [2.45, 2.75) is 52.2 Å². The Labute approximate surface area is 247 Å². The predicted octanol–water partition coefficient (Wildman–Crippen LogP) is 5.62. The summed E-state index contributed by atoms with van der Waals surface area (Å²) >= 11 is 12.4. The van der Waals surface area contributed by atoms with Crippen molar-refractivity contribution in [3.8, 4) is 0 Å². The second kappa shape index (κ2) is 14.0. The van der Waals surface area contributed by atoms with E-state index in [-0.39, 0.29) is 35.6 Å². The quantitative estimate of drug-likeness (QED) is 0.291. The first-order valence-corrected chi connectivity index (χ1v) is 15.6. The van der Waals surface area contributed by atoms with Gasteiger partial charge in [0.15, 0.2) is 0 Å². The third-order valence-electron chi connectivity index (χ3n) is 6.57. The van der Waals surface area contributed by atoms with E-state index in [2.05, 4.69) is 5.32 Å². The number of rotatable bonds is 12. The van der Waals surface area contributed by atoms with Crippen molar-refractivity contribution in [3.05, 3.63) is 99.5 Å². The summed E-state index contributed by atoms with van der Waals surface area (Å²) in [6.45, 7) is 5.37. The average molecular weight is 605 g/mol. The molecule has 0 radical (unpaired) electrons. The summed E-state index contributed by atoms with van der Waals surface area (Å²) in [4.78, 5) is 29.3. The number of nitrogens with zero attached hydrogens (tertiary/aromatic N) is 2. The first-order chi connectivity index (χ1) is 18.9. The summed E-state index contributed by atoms with van der Waals surface area (Å²) in [7, 11) is -3.93. The molecule has 0 saturated carbocycles. The van der Waals surface area contributed by atoms with Gasteiger partial charge in [-0.15, -0.1) is 0 Å². The molecule has 0 bridgehead atoms. The van der Waals surface area contributed by atoms with Crippen LogP contribution in [0.4, 0.5) is 5.69 Å². The summed E-state index contributed by atoms with van der Waals surface area (Å²) in [5.74, 6) is -0.854. The van der Waals surface area contributed by atoms with E-state index in [1.807, 2.05) is 75.4 Å². The van der Waals surface area contributed by atoms with Crippen LogP contribution in [0.5, 0.6) is 0 Å². The minimum Gasteiger partial charge on any atom is -0.352 e. The fourth-order valence-electron chi connectivity index (χ4n) is 4.28. The van der Waals surface area contributed by atoms with Crippen LogP contribution in [0.25, 0.3) is 0 Å². The zero-order valence-electron chi connectivity index (χ0n) is 23.1. The number of aryl methyl sites for hydroxylation is 1. The summed E-state index contributed by atoms with van der Waals surface area (Å²) in [5, 5.41) is 3.43. The van der Waals surface area contributed by atoms with Gasteiger partial charge in [-0.05, 0) is 49.6 Å². The minimum absolute atomic E-state index is 0.0892. The Balaban J connectivity index is 2.08. The molecule has 0 aliphatic heterocycles. The molecule has 0 saturated heterocycles. The number of nitrogens with one attached hydrogen (secondary N) is 1. The summed E-state index contributed by atoms with van der Waals surface area (Å²) in [6.07, 6.45) is 1.97. The van der Waals surface area contributed by atoms with E-state index in [4.69, 9.17) is 23.2 Å². The van der Waals surface area contributed by atoms with Gasteiger partial charge in [-0.1, -0.05) is 90.3 Å². The van der Waals surface area contributed by atoms with E-state index < -0.39 is 28.5 Å². The average Bonchev–Trinajstić information content (AvgIpc) is 2.89. The lowest BCUT2D eigenvalue weighted by molar-refractivity contribution is -0.140. The molecule has 7 nitrogen and oxygen atoms in total. The summed E-state index contributed by atoms with van der Waals surface area (Å²) in [6, 6.07) is 20.5. The van der Waals surface area contributed by atoms with Gasteiger partial charge in [0.25, 0.3) is 0 Å². The largest absolute Gasteiger partial charge is 0.352 e. The highest BCUT2D eigenvalue weighted by Crippen LogP contribution is 2.30. The van der Waals surface area contributed by atoms with Crippen LogP contribution in [0.3, 0.4) is 0 Å². The maximum absolute atomic E-state index is 14.1. The van der Waals surface area contributed by atoms with Crippen molar-refractivity contribution in [1.82, 2.24) is 10.2 Å². The zero-order valence-corrected chi connectivity index (χ0v) is 25.4. The molecular weight excluding hydrogens is 569 g/mol. The van der Waals surface area contributed by atoms with Gasteiger partial charge in [0.1, 0.15) is 12.6 Å². The molecule has 2 amide bonds. The number of amides is 2. The standard InChI is InChI=1S/C30H35Cl2N3O4S/c1-5-22(3)33-30(37)28(17-23-11-7-6-8-12-23)34(19-24-13-9-10-21(2)16-24)29(36)20-35(40(4,38)39)27-15-14-25(31)18-26(27)32/h6-16,18,22,28H,5,17,19-20H2,1-4H3,(H,33,37)/t22-,28-/m1/s1. The van der Waals surface area contributed by atoms with E-state index in [0.29, 0.717) is 11.4 Å². The molecule has 0 unspecified atom stereocenters. The number of halogens is 2. The molecule has 0 aromatic heterocycles. The van der Waals surface area contributed by atoms with Gasteiger partial charge in [0.2, 0.25) is 21.8 Å². The van der Waals surface area contributed by atoms with Gasteiger partial charge < -0.3 is 10.2 Å². The lowest BCUT2D eigenvalue weighted by atomic mass is 10.0. The fraction of sp³-hybridized carbons (Fsp3) is 0.333. The predicted molar refractivity (Wildman–Crippen MR) is 162 cm³/mol. The molecule has 214 valence electrons. The number of hydrogen-bond donors (Lipinski definition) is 1. The number of carbonyl (C=O) groups excluding carboxylic acids is 2. The second-order valence-corrected chi connectivity index (χ2v) is 12.6. The van der Waals surface area contributed by atoms with Crippen molar-refractivity contribution >= 4 is 50.7 Å². The Morgan fingerprint density at radius 2 is 1.62 bits per heavy atom. The van der Waals surface area contributed by atoms with Crippen molar-refractivity contribution in [2.24, 2.45) is 0 Å². The van der Waals surface area contributed by atoms with Crippen LogP contribution in [0.2, 0.25) is 10.0 Å². The Morgan fingerprint density at radius 3 is 2.23 bits per heavy atom. The van der Waals surface area contributed by atoms with Crippen LogP contribution in [0, 0.1) is 6.92 Å². The SMILES string of the molecule is CC[C@@H](C)NC(=O)[C@@H](Cc1ccccc1)N(Cc1cccc(C)c1)C(=O)CN(c1ccc(Cl)cc1Cl)S(C)(=O)=O. The molecule has 3 aromatic carbocycles. The van der Waals surface area contributed by atoms with E-state index in [0.717, 1.165) is 27.3 Å². The number of sulfonamides is 1. The molecule has 0 spiro atoms. The van der Waals surface area contributed by atoms with Crippen LogP contribution >= 0.6 is 23.2 Å². The maximum atomic E-state index is 14.1. The minimum atomic E-state index is -3.93. The highest BCUT2D eigenvalue weighted by molar-refractivity contribution is 7.92. The van der Waals surface area contributed by atoms with Crippen LogP contribution in [0.15, 0.2) is 72.8 Å². The first-order valence-electron chi connectivity index (χ1n) is 13.0. The lowest BCUT2D eigenvalue weighted by Crippen LogP contribution is -2.54. The van der Waals surface area contributed by atoms with Crippen molar-refractivity contribution in [2.75, 3.05) is 17.1 Å². The van der Waals surface area contributed by atoms with Crippen molar-refractivity contribution in [1.29, 1.82) is 0 Å². The molecule has 0 aliphatic carbocycles. The Morgan fingerprint density at radius 1 is 0.950 bits per heavy atom. The van der Waals surface area contributed by atoms with E-state index >= 15 is 0 Å². The van der Waals surface area contributed by atoms with Crippen LogP contribution < -0.4 is 9.62 Å². The smallest absolute Gasteiger partial charge is 0.244 e. The Kier molecular flexibility index (Phi) is 11.0. The van der Waals surface area contributed by atoms with Gasteiger partial charge in [0.05, 0.1) is 17.0 Å². The number of anilines is 1. The van der Waals surface area contributed by atoms with Gasteiger partial charge in [-0.3, -0.25) is 13.9 Å². The van der Waals surface area contributed by atoms with Crippen molar-refractivity contribution < 1.29 is 18.0 Å². The summed E-state index contributed by atoms with van der Waals surface area (Å²) in [5.41, 5.74) is 2.81. The lowest BCUT2D eigenvalue weighted by Gasteiger charge is -2.34. The first kappa shape index (κ1) is 31.5. The van der Waals surface area contributed by atoms with E-state index in [1.165, 1.54) is 23.1 Å². The number of benzene rings is 3. The second-order valence-electron chi connectivity index (χ2n) is 9.90. The molecule has 0 aliphatic rings. The molecule has 40 heavy (non-hydrogen) atoms. The van der Waals surface area contributed by atoms with Gasteiger partial charge in [-0.2, -0.15) is 0 Å². The summed E-state index contributed by atoms with van der Waals surface area (Å²) < 4.78 is 26.7.